The Hall–Kier alpha value is -2.31. The molecule has 0 aliphatic carbocycles. The molecule has 3 aliphatic heterocycles. The van der Waals surface area contributed by atoms with Gasteiger partial charge in [-0.2, -0.15) is 0 Å². The van der Waals surface area contributed by atoms with Crippen LogP contribution in [0, 0.1) is 0 Å². The van der Waals surface area contributed by atoms with Gasteiger partial charge in [0.15, 0.2) is 0 Å². The maximum Gasteiger partial charge on any atom is 0.275 e. The number of fused-ring (bicyclic) bond motifs is 2. The number of aliphatic imine (C=N–C) groups is 1. The summed E-state index contributed by atoms with van der Waals surface area (Å²) in [5.41, 5.74) is 3.18. The van der Waals surface area contributed by atoms with Crippen molar-refractivity contribution in [1.82, 2.24) is 10.2 Å². The molecule has 8 heteroatoms. The van der Waals surface area contributed by atoms with E-state index < -0.39 is 0 Å². The first kappa shape index (κ1) is 20.0. The number of nitrogens with one attached hydrogen (secondary N) is 1. The molecule has 29 heavy (non-hydrogen) atoms. The smallest absolute Gasteiger partial charge is 0.275 e. The lowest BCUT2D eigenvalue weighted by molar-refractivity contribution is -0.114. The van der Waals surface area contributed by atoms with Crippen LogP contribution in [0.5, 0.6) is 5.75 Å². The Morgan fingerprint density at radius 1 is 1.34 bits per heavy atom. The SMILES string of the molecule is CC1=NC(=O)C(CN2CCc3c(Cl)cc(OC(C)C)c(Cl)c3C2=O)=C2C=CNC12. The number of dihydropyridines is 1. The summed E-state index contributed by atoms with van der Waals surface area (Å²) >= 11 is 12.9. The molecule has 3 heterocycles. The predicted octanol–water partition coefficient (Wildman–Crippen LogP) is 3.56. The highest BCUT2D eigenvalue weighted by atomic mass is 35.5. The number of amides is 2. The third-order valence-corrected chi connectivity index (χ3v) is 5.98. The average molecular weight is 434 g/mol. The summed E-state index contributed by atoms with van der Waals surface area (Å²) in [4.78, 5) is 31.6. The normalized spacial score (nSPS) is 20.7. The van der Waals surface area contributed by atoms with Crippen LogP contribution in [0.3, 0.4) is 0 Å². The molecule has 0 spiro atoms. The van der Waals surface area contributed by atoms with Crippen LogP contribution >= 0.6 is 23.2 Å². The summed E-state index contributed by atoms with van der Waals surface area (Å²) in [6, 6.07) is 1.55. The maximum absolute atomic E-state index is 13.3. The molecule has 6 nitrogen and oxygen atoms in total. The van der Waals surface area contributed by atoms with Crippen LogP contribution in [0.25, 0.3) is 0 Å². The van der Waals surface area contributed by atoms with Crippen molar-refractivity contribution in [3.05, 3.63) is 50.7 Å². The van der Waals surface area contributed by atoms with Gasteiger partial charge in [0, 0.05) is 28.9 Å². The van der Waals surface area contributed by atoms with Crippen LogP contribution in [0.1, 0.15) is 36.7 Å². The maximum atomic E-state index is 13.3. The Balaban J connectivity index is 1.68. The first-order valence-corrected chi connectivity index (χ1v) is 10.3. The largest absolute Gasteiger partial charge is 0.489 e. The number of nitrogens with zero attached hydrogens (tertiary/aromatic N) is 2. The molecule has 0 radical (unpaired) electrons. The van der Waals surface area contributed by atoms with Gasteiger partial charge in [-0.05, 0) is 50.6 Å². The zero-order valence-corrected chi connectivity index (χ0v) is 17.9. The highest BCUT2D eigenvalue weighted by Gasteiger charge is 2.35. The Bertz CT molecular complexity index is 1010. The van der Waals surface area contributed by atoms with Gasteiger partial charge in [-0.15, -0.1) is 0 Å². The van der Waals surface area contributed by atoms with Crippen molar-refractivity contribution in [2.24, 2.45) is 4.99 Å². The van der Waals surface area contributed by atoms with Gasteiger partial charge in [0.1, 0.15) is 5.75 Å². The van der Waals surface area contributed by atoms with Crippen LogP contribution in [-0.4, -0.2) is 47.7 Å². The number of carbonyl (C=O) groups is 2. The number of ether oxygens (including phenoxy) is 1. The highest BCUT2D eigenvalue weighted by Crippen LogP contribution is 2.39. The molecule has 152 valence electrons. The molecule has 0 bridgehead atoms. The molecular formula is C21H21Cl2N3O3. The van der Waals surface area contributed by atoms with Crippen molar-refractivity contribution in [3.63, 3.8) is 0 Å². The number of hydrogen-bond donors (Lipinski definition) is 1. The molecular weight excluding hydrogens is 413 g/mol. The summed E-state index contributed by atoms with van der Waals surface area (Å²) < 4.78 is 5.73. The summed E-state index contributed by atoms with van der Waals surface area (Å²) in [6.07, 6.45) is 4.12. The molecule has 1 aromatic carbocycles. The van der Waals surface area contributed by atoms with Crippen molar-refractivity contribution in [1.29, 1.82) is 0 Å². The first-order chi connectivity index (χ1) is 13.8. The van der Waals surface area contributed by atoms with Crippen LogP contribution in [0.15, 0.2) is 34.5 Å². The lowest BCUT2D eigenvalue weighted by atomic mass is 9.93. The Morgan fingerprint density at radius 2 is 2.10 bits per heavy atom. The highest BCUT2D eigenvalue weighted by molar-refractivity contribution is 6.38. The number of benzene rings is 1. The molecule has 1 N–H and O–H groups in total. The average Bonchev–Trinajstić information content (AvgIpc) is 3.14. The third kappa shape index (κ3) is 3.45. The van der Waals surface area contributed by atoms with Gasteiger partial charge in [-0.1, -0.05) is 23.2 Å². The summed E-state index contributed by atoms with van der Waals surface area (Å²) in [6.45, 7) is 6.19. The quantitative estimate of drug-likeness (QED) is 0.787. The number of halogens is 2. The van der Waals surface area contributed by atoms with Crippen molar-refractivity contribution in [2.45, 2.75) is 39.3 Å². The molecule has 0 saturated carbocycles. The molecule has 0 fully saturated rings. The van der Waals surface area contributed by atoms with Crippen molar-refractivity contribution >= 4 is 40.7 Å². The fraction of sp³-hybridized carbons (Fsp3) is 0.381. The topological polar surface area (TPSA) is 71.0 Å². The van der Waals surface area contributed by atoms with Crippen LogP contribution in [-0.2, 0) is 11.2 Å². The van der Waals surface area contributed by atoms with E-state index in [0.29, 0.717) is 34.9 Å². The molecule has 4 rings (SSSR count). The van der Waals surface area contributed by atoms with Gasteiger partial charge in [-0.3, -0.25) is 9.59 Å². The van der Waals surface area contributed by atoms with Crippen molar-refractivity contribution in [3.8, 4) is 5.75 Å². The van der Waals surface area contributed by atoms with E-state index in [0.717, 1.165) is 16.8 Å². The molecule has 1 unspecified atom stereocenters. The first-order valence-electron chi connectivity index (χ1n) is 9.50. The Labute approximate surface area is 179 Å². The van der Waals surface area contributed by atoms with E-state index in [4.69, 9.17) is 27.9 Å². The molecule has 0 aromatic heterocycles. The van der Waals surface area contributed by atoms with E-state index >= 15 is 0 Å². The zero-order valence-electron chi connectivity index (χ0n) is 16.4. The number of rotatable bonds is 4. The third-order valence-electron chi connectivity index (χ3n) is 5.27. The molecule has 3 aliphatic rings. The molecule has 2 amide bonds. The van der Waals surface area contributed by atoms with E-state index in [1.165, 1.54) is 0 Å². The summed E-state index contributed by atoms with van der Waals surface area (Å²) in [7, 11) is 0. The van der Waals surface area contributed by atoms with E-state index in [-0.39, 0.29) is 35.5 Å². The van der Waals surface area contributed by atoms with Gasteiger partial charge < -0.3 is 15.0 Å². The van der Waals surface area contributed by atoms with Crippen LogP contribution in [0.2, 0.25) is 10.0 Å². The monoisotopic (exact) mass is 433 g/mol. The lowest BCUT2D eigenvalue weighted by Crippen LogP contribution is -2.42. The Kier molecular flexibility index (Phi) is 5.17. The lowest BCUT2D eigenvalue weighted by Gasteiger charge is -2.32. The molecule has 0 saturated heterocycles. The second-order valence-electron chi connectivity index (χ2n) is 7.59. The van der Waals surface area contributed by atoms with Crippen molar-refractivity contribution < 1.29 is 14.3 Å². The van der Waals surface area contributed by atoms with Crippen LogP contribution < -0.4 is 10.1 Å². The standard InChI is InChI=1S/C21H21Cl2N3O3/c1-10(2)29-16-8-15(22)13-5-7-26(21(28)17(13)18(16)23)9-14-12-4-6-24-19(12)11(3)25-20(14)27/h4,6,8,10,19,24H,5,7,9H2,1-3H3. The van der Waals surface area contributed by atoms with Gasteiger partial charge in [-0.25, -0.2) is 4.99 Å². The van der Waals surface area contributed by atoms with Gasteiger partial charge in [0.25, 0.3) is 11.8 Å². The van der Waals surface area contributed by atoms with Gasteiger partial charge in [0.2, 0.25) is 0 Å². The minimum atomic E-state index is -0.304. The predicted molar refractivity (Wildman–Crippen MR) is 113 cm³/mol. The second kappa shape index (κ2) is 7.50. The molecule has 1 atom stereocenters. The second-order valence-corrected chi connectivity index (χ2v) is 8.38. The van der Waals surface area contributed by atoms with E-state index in [1.807, 2.05) is 26.8 Å². The van der Waals surface area contributed by atoms with Crippen molar-refractivity contribution in [2.75, 3.05) is 13.1 Å². The minimum absolute atomic E-state index is 0.108. The fourth-order valence-corrected chi connectivity index (χ4v) is 4.49. The van der Waals surface area contributed by atoms with E-state index in [1.54, 1.807) is 17.2 Å². The summed E-state index contributed by atoms with van der Waals surface area (Å²) in [5, 5.41) is 3.91. The zero-order chi connectivity index (χ0) is 20.9. The fourth-order valence-electron chi connectivity index (χ4n) is 3.91. The summed E-state index contributed by atoms with van der Waals surface area (Å²) in [5.74, 6) is -0.174. The van der Waals surface area contributed by atoms with Gasteiger partial charge in [0.05, 0.1) is 29.3 Å². The number of hydrogen-bond acceptors (Lipinski definition) is 4. The van der Waals surface area contributed by atoms with E-state index in [2.05, 4.69) is 10.3 Å². The van der Waals surface area contributed by atoms with Crippen LogP contribution in [0.4, 0.5) is 0 Å². The Morgan fingerprint density at radius 3 is 2.83 bits per heavy atom. The molecule has 1 aromatic rings. The van der Waals surface area contributed by atoms with E-state index in [9.17, 15) is 9.59 Å². The minimum Gasteiger partial charge on any atom is -0.489 e. The number of carbonyl (C=O) groups excluding carboxylic acids is 2. The van der Waals surface area contributed by atoms with Gasteiger partial charge >= 0.3 is 0 Å².